The molecule has 2 aromatic rings. The highest BCUT2D eigenvalue weighted by molar-refractivity contribution is 5.93. The summed E-state index contributed by atoms with van der Waals surface area (Å²) in [4.78, 5) is 34.3. The normalized spacial score (nSPS) is 20.7. The molecule has 1 saturated carbocycles. The summed E-state index contributed by atoms with van der Waals surface area (Å²) in [6.45, 7) is 0. The largest absolute Gasteiger partial charge is 0.460 e. The molecule has 7 heteroatoms. The molecule has 2 N–H and O–H groups in total. The number of hydrogen-bond donors (Lipinski definition) is 2. The maximum atomic E-state index is 12.1. The van der Waals surface area contributed by atoms with Gasteiger partial charge in [0.25, 0.3) is 11.5 Å². The van der Waals surface area contributed by atoms with Gasteiger partial charge in [0.2, 0.25) is 0 Å². The Morgan fingerprint density at radius 2 is 1.91 bits per heavy atom. The van der Waals surface area contributed by atoms with Crippen molar-refractivity contribution in [3.8, 4) is 6.01 Å². The van der Waals surface area contributed by atoms with E-state index in [9.17, 15) is 9.59 Å². The standard InChI is InChI=1S/C16H18N4O3/c21-14-13(3-1-8-17-14)15(22)20-11-4-6-12(7-5-11)23-16-18-9-2-10-19-16/h1-3,8-12H,4-7H2,(H,17,21)(H,20,22). The van der Waals surface area contributed by atoms with Crippen LogP contribution < -0.4 is 15.6 Å². The van der Waals surface area contributed by atoms with Gasteiger partial charge >= 0.3 is 6.01 Å². The van der Waals surface area contributed by atoms with Crippen LogP contribution in [0.5, 0.6) is 6.01 Å². The van der Waals surface area contributed by atoms with Gasteiger partial charge in [0.05, 0.1) is 0 Å². The minimum atomic E-state index is -0.372. The summed E-state index contributed by atoms with van der Waals surface area (Å²) in [6.07, 6.45) is 8.08. The molecule has 0 aliphatic heterocycles. The highest BCUT2D eigenvalue weighted by Crippen LogP contribution is 2.22. The Morgan fingerprint density at radius 3 is 2.61 bits per heavy atom. The van der Waals surface area contributed by atoms with E-state index in [0.29, 0.717) is 6.01 Å². The van der Waals surface area contributed by atoms with Gasteiger partial charge in [-0.1, -0.05) is 0 Å². The van der Waals surface area contributed by atoms with Crippen molar-refractivity contribution in [3.05, 3.63) is 52.7 Å². The highest BCUT2D eigenvalue weighted by Gasteiger charge is 2.25. The van der Waals surface area contributed by atoms with Crippen LogP contribution >= 0.6 is 0 Å². The van der Waals surface area contributed by atoms with Crippen LogP contribution in [0.4, 0.5) is 0 Å². The van der Waals surface area contributed by atoms with Crippen molar-refractivity contribution in [1.82, 2.24) is 20.3 Å². The minimum absolute atomic E-state index is 0.0543. The van der Waals surface area contributed by atoms with Gasteiger partial charge in [-0.25, -0.2) is 9.97 Å². The second kappa shape index (κ2) is 7.04. The van der Waals surface area contributed by atoms with E-state index in [0.717, 1.165) is 25.7 Å². The Bertz CT molecular complexity index is 709. The maximum absolute atomic E-state index is 12.1. The average molecular weight is 314 g/mol. The van der Waals surface area contributed by atoms with Gasteiger partial charge < -0.3 is 15.0 Å². The van der Waals surface area contributed by atoms with E-state index in [1.54, 1.807) is 24.5 Å². The van der Waals surface area contributed by atoms with Crippen LogP contribution in [-0.2, 0) is 0 Å². The molecule has 1 fully saturated rings. The Morgan fingerprint density at radius 1 is 1.17 bits per heavy atom. The molecular weight excluding hydrogens is 296 g/mol. The van der Waals surface area contributed by atoms with Gasteiger partial charge in [-0.05, 0) is 43.9 Å². The zero-order chi connectivity index (χ0) is 16.1. The number of hydrogen-bond acceptors (Lipinski definition) is 5. The maximum Gasteiger partial charge on any atom is 0.316 e. The number of nitrogens with zero attached hydrogens (tertiary/aromatic N) is 2. The van der Waals surface area contributed by atoms with Crippen LogP contribution in [0.1, 0.15) is 36.0 Å². The van der Waals surface area contributed by atoms with E-state index in [1.807, 2.05) is 0 Å². The molecule has 0 radical (unpaired) electrons. The van der Waals surface area contributed by atoms with Gasteiger partial charge in [-0.2, -0.15) is 0 Å². The lowest BCUT2D eigenvalue weighted by molar-refractivity contribution is 0.0883. The number of aromatic nitrogens is 3. The fourth-order valence-electron chi connectivity index (χ4n) is 2.68. The molecule has 3 rings (SSSR count). The number of nitrogens with one attached hydrogen (secondary N) is 2. The fraction of sp³-hybridized carbons (Fsp3) is 0.375. The van der Waals surface area contributed by atoms with E-state index < -0.39 is 0 Å². The monoisotopic (exact) mass is 314 g/mol. The third-order valence-corrected chi connectivity index (χ3v) is 3.89. The van der Waals surface area contributed by atoms with Crippen molar-refractivity contribution in [2.75, 3.05) is 0 Å². The molecule has 0 unspecified atom stereocenters. The Kier molecular flexibility index (Phi) is 4.65. The molecule has 0 bridgehead atoms. The Balaban J connectivity index is 1.50. The summed E-state index contributed by atoms with van der Waals surface area (Å²) in [6, 6.07) is 5.34. The lowest BCUT2D eigenvalue weighted by atomic mass is 9.93. The number of carbonyl (C=O) groups is 1. The van der Waals surface area contributed by atoms with Gasteiger partial charge in [0.1, 0.15) is 11.7 Å². The summed E-state index contributed by atoms with van der Waals surface area (Å²) in [7, 11) is 0. The Labute approximate surface area is 133 Å². The number of H-pyrrole nitrogens is 1. The average Bonchev–Trinajstić information content (AvgIpc) is 2.58. The van der Waals surface area contributed by atoms with E-state index in [1.165, 1.54) is 12.3 Å². The molecule has 23 heavy (non-hydrogen) atoms. The SMILES string of the molecule is O=C(NC1CCC(Oc2ncccn2)CC1)c1ccc[nH]c1=O. The smallest absolute Gasteiger partial charge is 0.316 e. The van der Waals surface area contributed by atoms with Crippen LogP contribution in [-0.4, -0.2) is 33.0 Å². The second-order valence-electron chi connectivity index (χ2n) is 5.51. The first-order valence-electron chi connectivity index (χ1n) is 7.64. The lowest BCUT2D eigenvalue weighted by Gasteiger charge is -2.28. The van der Waals surface area contributed by atoms with Crippen molar-refractivity contribution < 1.29 is 9.53 Å². The second-order valence-corrected chi connectivity index (χ2v) is 5.51. The van der Waals surface area contributed by atoms with Crippen molar-refractivity contribution in [3.63, 3.8) is 0 Å². The number of rotatable bonds is 4. The van der Waals surface area contributed by atoms with E-state index in [4.69, 9.17) is 4.74 Å². The Hall–Kier alpha value is -2.70. The summed E-state index contributed by atoms with van der Waals surface area (Å²) in [5.41, 5.74) is -0.230. The molecule has 1 aliphatic rings. The fourth-order valence-corrected chi connectivity index (χ4v) is 2.68. The first-order valence-corrected chi connectivity index (χ1v) is 7.64. The number of carbonyl (C=O) groups excluding carboxylic acids is 1. The van der Waals surface area contributed by atoms with Crippen LogP contribution in [0.15, 0.2) is 41.6 Å². The molecular formula is C16H18N4O3. The predicted octanol–water partition coefficient (Wildman–Crippen LogP) is 1.28. The van der Waals surface area contributed by atoms with Gasteiger partial charge in [-0.3, -0.25) is 9.59 Å². The zero-order valence-corrected chi connectivity index (χ0v) is 12.6. The van der Waals surface area contributed by atoms with Crippen LogP contribution in [0, 0.1) is 0 Å². The topological polar surface area (TPSA) is 97.0 Å². The van der Waals surface area contributed by atoms with Gasteiger partial charge in [-0.15, -0.1) is 0 Å². The third kappa shape index (κ3) is 3.94. The lowest BCUT2D eigenvalue weighted by Crippen LogP contribution is -2.41. The summed E-state index contributed by atoms with van der Waals surface area (Å²) < 4.78 is 5.72. The number of aromatic amines is 1. The molecule has 0 spiro atoms. The molecule has 2 heterocycles. The van der Waals surface area contributed by atoms with Crippen LogP contribution in [0.25, 0.3) is 0 Å². The first kappa shape index (κ1) is 15.2. The van der Waals surface area contributed by atoms with Crippen molar-refractivity contribution in [2.24, 2.45) is 0 Å². The molecule has 2 aromatic heterocycles. The number of amides is 1. The summed E-state index contributed by atoms with van der Waals surface area (Å²) >= 11 is 0. The molecule has 0 saturated heterocycles. The highest BCUT2D eigenvalue weighted by atomic mass is 16.5. The van der Waals surface area contributed by atoms with E-state index in [-0.39, 0.29) is 29.2 Å². The quantitative estimate of drug-likeness (QED) is 0.886. The van der Waals surface area contributed by atoms with Crippen LogP contribution in [0.3, 0.4) is 0 Å². The molecule has 0 atom stereocenters. The van der Waals surface area contributed by atoms with Crippen molar-refractivity contribution in [1.29, 1.82) is 0 Å². The summed E-state index contributed by atoms with van der Waals surface area (Å²) in [5, 5.41) is 2.91. The van der Waals surface area contributed by atoms with Gasteiger partial charge in [0, 0.05) is 24.6 Å². The molecule has 120 valence electrons. The minimum Gasteiger partial charge on any atom is -0.460 e. The molecule has 0 aromatic carbocycles. The molecule has 7 nitrogen and oxygen atoms in total. The molecule has 1 aliphatic carbocycles. The number of ether oxygens (including phenoxy) is 1. The number of pyridine rings is 1. The predicted molar refractivity (Wildman–Crippen MR) is 83.2 cm³/mol. The van der Waals surface area contributed by atoms with Crippen molar-refractivity contribution >= 4 is 5.91 Å². The zero-order valence-electron chi connectivity index (χ0n) is 12.6. The van der Waals surface area contributed by atoms with Crippen molar-refractivity contribution in [2.45, 2.75) is 37.8 Å². The summed E-state index contributed by atoms with van der Waals surface area (Å²) in [5.74, 6) is -0.331. The van der Waals surface area contributed by atoms with Crippen LogP contribution in [0.2, 0.25) is 0 Å². The van der Waals surface area contributed by atoms with E-state index >= 15 is 0 Å². The third-order valence-electron chi connectivity index (χ3n) is 3.89. The van der Waals surface area contributed by atoms with Gasteiger partial charge in [0.15, 0.2) is 0 Å². The van der Waals surface area contributed by atoms with E-state index in [2.05, 4.69) is 20.3 Å². The first-order chi connectivity index (χ1) is 11.2. The molecule has 1 amide bonds.